The number of nitrogens with one attached hydrogen (secondary N) is 1. The first-order valence-electron chi connectivity index (χ1n) is 8.57. The largest absolute Gasteiger partial charge is 0.370 e. The Labute approximate surface area is 137 Å². The van der Waals surface area contributed by atoms with Crippen molar-refractivity contribution in [2.45, 2.75) is 45.1 Å². The number of fused-ring (bicyclic) bond motifs is 2. The standard InChI is InChI=1S/C20H23N3/c21-20(23-19-10-9-16-4-2-6-18(16)12-19)22-13-14-7-8-15-3-1-5-17(15)11-14/h7-12H,1-6,13H2,(H3,21,22,23). The van der Waals surface area contributed by atoms with Crippen molar-refractivity contribution in [2.24, 2.45) is 10.7 Å². The molecule has 0 amide bonds. The van der Waals surface area contributed by atoms with Crippen LogP contribution >= 0.6 is 0 Å². The molecule has 0 saturated carbocycles. The summed E-state index contributed by atoms with van der Waals surface area (Å²) in [5.74, 6) is 0.489. The van der Waals surface area contributed by atoms with Crippen molar-refractivity contribution < 1.29 is 0 Å². The highest BCUT2D eigenvalue weighted by Gasteiger charge is 2.12. The highest BCUT2D eigenvalue weighted by atomic mass is 15.1. The SMILES string of the molecule is NC(=NCc1ccc2c(c1)CCC2)Nc1ccc2c(c1)CCC2. The molecule has 3 nitrogen and oxygen atoms in total. The molecular formula is C20H23N3. The van der Waals surface area contributed by atoms with Crippen LogP contribution in [0.4, 0.5) is 5.69 Å². The molecule has 0 unspecified atom stereocenters. The molecule has 118 valence electrons. The summed E-state index contributed by atoms with van der Waals surface area (Å²) in [6, 6.07) is 13.2. The van der Waals surface area contributed by atoms with Gasteiger partial charge in [0.25, 0.3) is 0 Å². The van der Waals surface area contributed by atoms with E-state index in [1.165, 1.54) is 66.3 Å². The zero-order valence-electron chi connectivity index (χ0n) is 13.4. The maximum Gasteiger partial charge on any atom is 0.193 e. The minimum Gasteiger partial charge on any atom is -0.370 e. The third-order valence-electron chi connectivity index (χ3n) is 4.97. The maximum atomic E-state index is 6.05. The third kappa shape index (κ3) is 3.09. The van der Waals surface area contributed by atoms with Crippen LogP contribution in [0.25, 0.3) is 0 Å². The van der Waals surface area contributed by atoms with Crippen molar-refractivity contribution in [3.63, 3.8) is 0 Å². The number of hydrogen-bond donors (Lipinski definition) is 2. The van der Waals surface area contributed by atoms with Crippen molar-refractivity contribution >= 4 is 11.6 Å². The molecule has 0 aromatic heterocycles. The van der Waals surface area contributed by atoms with E-state index in [0.29, 0.717) is 12.5 Å². The van der Waals surface area contributed by atoms with E-state index in [1.807, 2.05) is 0 Å². The Morgan fingerprint density at radius 1 is 0.870 bits per heavy atom. The molecule has 0 aliphatic heterocycles. The van der Waals surface area contributed by atoms with Crippen molar-refractivity contribution in [3.05, 3.63) is 64.2 Å². The van der Waals surface area contributed by atoms with Crippen LogP contribution in [0.3, 0.4) is 0 Å². The highest BCUT2D eigenvalue weighted by molar-refractivity contribution is 5.92. The summed E-state index contributed by atoms with van der Waals surface area (Å²) < 4.78 is 0. The van der Waals surface area contributed by atoms with E-state index in [4.69, 9.17) is 5.73 Å². The van der Waals surface area contributed by atoms with Crippen LogP contribution in [0.5, 0.6) is 0 Å². The summed E-state index contributed by atoms with van der Waals surface area (Å²) in [7, 11) is 0. The van der Waals surface area contributed by atoms with E-state index < -0.39 is 0 Å². The molecule has 0 spiro atoms. The van der Waals surface area contributed by atoms with Gasteiger partial charge in [-0.05, 0) is 78.5 Å². The third-order valence-corrected chi connectivity index (χ3v) is 4.97. The average molecular weight is 305 g/mol. The van der Waals surface area contributed by atoms with Crippen molar-refractivity contribution in [1.29, 1.82) is 0 Å². The summed E-state index contributed by atoms with van der Waals surface area (Å²) >= 11 is 0. The Balaban J connectivity index is 1.42. The van der Waals surface area contributed by atoms with Crippen LogP contribution in [-0.4, -0.2) is 5.96 Å². The maximum absolute atomic E-state index is 6.05. The molecule has 2 aliphatic rings. The molecular weight excluding hydrogens is 282 g/mol. The van der Waals surface area contributed by atoms with Gasteiger partial charge in [0.05, 0.1) is 6.54 Å². The number of nitrogens with two attached hydrogens (primary N) is 1. The number of aliphatic imine (C=N–C) groups is 1. The Morgan fingerprint density at radius 2 is 1.52 bits per heavy atom. The minimum atomic E-state index is 0.489. The molecule has 0 heterocycles. The second-order valence-electron chi connectivity index (χ2n) is 6.62. The van der Waals surface area contributed by atoms with Crippen molar-refractivity contribution in [2.75, 3.05) is 5.32 Å². The van der Waals surface area contributed by atoms with E-state index in [-0.39, 0.29) is 0 Å². The van der Waals surface area contributed by atoms with Gasteiger partial charge in [-0.25, -0.2) is 4.99 Å². The molecule has 2 aliphatic carbocycles. The topological polar surface area (TPSA) is 50.4 Å². The first-order valence-corrected chi connectivity index (χ1v) is 8.57. The van der Waals surface area contributed by atoms with Crippen LogP contribution in [0, 0.1) is 0 Å². The van der Waals surface area contributed by atoms with Gasteiger partial charge in [0, 0.05) is 5.69 Å². The van der Waals surface area contributed by atoms with E-state index in [9.17, 15) is 0 Å². The van der Waals surface area contributed by atoms with Crippen LogP contribution < -0.4 is 11.1 Å². The zero-order valence-corrected chi connectivity index (χ0v) is 13.4. The lowest BCUT2D eigenvalue weighted by molar-refractivity contribution is 0.911. The Bertz CT molecular complexity index is 761. The fourth-order valence-electron chi connectivity index (χ4n) is 3.74. The molecule has 0 saturated heterocycles. The lowest BCUT2D eigenvalue weighted by Gasteiger charge is -2.08. The lowest BCUT2D eigenvalue weighted by Crippen LogP contribution is -2.22. The van der Waals surface area contributed by atoms with Crippen molar-refractivity contribution in [3.8, 4) is 0 Å². The van der Waals surface area contributed by atoms with Crippen LogP contribution in [0.1, 0.15) is 40.7 Å². The zero-order chi connectivity index (χ0) is 15.6. The first-order chi connectivity index (χ1) is 11.3. The second kappa shape index (κ2) is 6.07. The summed E-state index contributed by atoms with van der Waals surface area (Å²) in [5, 5.41) is 3.22. The van der Waals surface area contributed by atoms with Gasteiger partial charge in [0.15, 0.2) is 5.96 Å². The van der Waals surface area contributed by atoms with Gasteiger partial charge in [-0.1, -0.05) is 24.3 Å². The summed E-state index contributed by atoms with van der Waals surface area (Å²) in [6.07, 6.45) is 7.36. The van der Waals surface area contributed by atoms with Crippen molar-refractivity contribution in [1.82, 2.24) is 0 Å². The highest BCUT2D eigenvalue weighted by Crippen LogP contribution is 2.25. The number of anilines is 1. The van der Waals surface area contributed by atoms with E-state index in [0.717, 1.165) is 5.69 Å². The fourth-order valence-corrected chi connectivity index (χ4v) is 3.74. The Hall–Kier alpha value is -2.29. The van der Waals surface area contributed by atoms with E-state index in [1.54, 1.807) is 0 Å². The average Bonchev–Trinajstić information content (AvgIpc) is 3.20. The second-order valence-corrected chi connectivity index (χ2v) is 6.62. The Morgan fingerprint density at radius 3 is 2.30 bits per heavy atom. The predicted molar refractivity (Wildman–Crippen MR) is 95.9 cm³/mol. The molecule has 3 heteroatoms. The van der Waals surface area contributed by atoms with E-state index >= 15 is 0 Å². The number of nitrogens with zero attached hydrogens (tertiary/aromatic N) is 1. The molecule has 0 fully saturated rings. The first kappa shape index (κ1) is 14.3. The molecule has 0 bridgehead atoms. The summed E-state index contributed by atoms with van der Waals surface area (Å²) in [6.45, 7) is 0.636. The monoisotopic (exact) mass is 305 g/mol. The predicted octanol–water partition coefficient (Wildman–Crippen LogP) is 3.59. The fraction of sp³-hybridized carbons (Fsp3) is 0.350. The molecule has 3 N–H and O–H groups in total. The van der Waals surface area contributed by atoms with Gasteiger partial charge < -0.3 is 11.1 Å². The number of hydrogen-bond acceptors (Lipinski definition) is 1. The molecule has 2 aromatic rings. The van der Waals surface area contributed by atoms with Gasteiger partial charge in [-0.3, -0.25) is 0 Å². The number of rotatable bonds is 3. The molecule has 4 rings (SSSR count). The number of aryl methyl sites for hydroxylation is 4. The molecule has 0 radical (unpaired) electrons. The quantitative estimate of drug-likeness (QED) is 0.672. The number of benzene rings is 2. The van der Waals surface area contributed by atoms with Crippen LogP contribution in [0.2, 0.25) is 0 Å². The van der Waals surface area contributed by atoms with Crippen LogP contribution in [0.15, 0.2) is 41.4 Å². The molecule has 2 aromatic carbocycles. The normalized spacial score (nSPS) is 16.3. The van der Waals surface area contributed by atoms with Gasteiger partial charge in [-0.15, -0.1) is 0 Å². The molecule has 23 heavy (non-hydrogen) atoms. The smallest absolute Gasteiger partial charge is 0.193 e. The summed E-state index contributed by atoms with van der Waals surface area (Å²) in [5.41, 5.74) is 14.2. The van der Waals surface area contributed by atoms with Gasteiger partial charge in [0.2, 0.25) is 0 Å². The molecule has 0 atom stereocenters. The van der Waals surface area contributed by atoms with E-state index in [2.05, 4.69) is 46.7 Å². The Kier molecular flexibility index (Phi) is 3.78. The minimum absolute atomic E-state index is 0.489. The number of guanidine groups is 1. The van der Waals surface area contributed by atoms with Gasteiger partial charge in [-0.2, -0.15) is 0 Å². The lowest BCUT2D eigenvalue weighted by atomic mass is 10.1. The van der Waals surface area contributed by atoms with Gasteiger partial charge >= 0.3 is 0 Å². The summed E-state index contributed by atoms with van der Waals surface area (Å²) in [4.78, 5) is 4.49. The van der Waals surface area contributed by atoms with Gasteiger partial charge in [0.1, 0.15) is 0 Å². The van der Waals surface area contributed by atoms with Crippen LogP contribution in [-0.2, 0) is 32.2 Å².